The van der Waals surface area contributed by atoms with Crippen LogP contribution in [0.5, 0.6) is 0 Å². The van der Waals surface area contributed by atoms with Gasteiger partial charge in [0.25, 0.3) is 0 Å². The van der Waals surface area contributed by atoms with E-state index in [0.717, 1.165) is 17.0 Å². The summed E-state index contributed by atoms with van der Waals surface area (Å²) in [5, 5.41) is 0. The van der Waals surface area contributed by atoms with E-state index in [4.69, 9.17) is 4.98 Å². The third-order valence-corrected chi connectivity index (χ3v) is 5.64. The molecule has 2 heterocycles. The standard InChI is InChI=1S/C22H26N4/c1-16-10-6-7-11-18(16)22(3,4)26-15-14-25(17(26)2)21-23-19-12-8-9-13-20(19)24(21)5/h6-15,17H,1-5H3/t17-/m1/s1. The minimum Gasteiger partial charge on any atom is -0.347 e. The fourth-order valence-electron chi connectivity index (χ4n) is 4.18. The molecule has 0 saturated heterocycles. The highest BCUT2D eigenvalue weighted by molar-refractivity contribution is 5.79. The molecule has 4 rings (SSSR count). The fourth-order valence-corrected chi connectivity index (χ4v) is 4.18. The van der Waals surface area contributed by atoms with Gasteiger partial charge in [-0.1, -0.05) is 36.4 Å². The molecular weight excluding hydrogens is 320 g/mol. The number of aromatic nitrogens is 2. The van der Waals surface area contributed by atoms with Crippen molar-refractivity contribution in [1.82, 2.24) is 14.5 Å². The average Bonchev–Trinajstić information content (AvgIpc) is 3.16. The zero-order chi connectivity index (χ0) is 18.5. The summed E-state index contributed by atoms with van der Waals surface area (Å²) in [7, 11) is 2.08. The third kappa shape index (κ3) is 2.40. The molecule has 0 bridgehead atoms. The first-order valence-corrected chi connectivity index (χ1v) is 9.14. The zero-order valence-electron chi connectivity index (χ0n) is 16.1. The molecule has 26 heavy (non-hydrogen) atoms. The van der Waals surface area contributed by atoms with Crippen molar-refractivity contribution in [3.63, 3.8) is 0 Å². The summed E-state index contributed by atoms with van der Waals surface area (Å²) >= 11 is 0. The Bertz CT molecular complexity index is 983. The maximum atomic E-state index is 4.86. The number of aryl methyl sites for hydroxylation is 2. The van der Waals surface area contributed by atoms with Gasteiger partial charge in [0.05, 0.1) is 16.6 Å². The largest absolute Gasteiger partial charge is 0.347 e. The van der Waals surface area contributed by atoms with Gasteiger partial charge in [0.1, 0.15) is 6.17 Å². The van der Waals surface area contributed by atoms with Gasteiger partial charge in [-0.05, 0) is 51.0 Å². The zero-order valence-corrected chi connectivity index (χ0v) is 16.1. The van der Waals surface area contributed by atoms with E-state index in [1.54, 1.807) is 0 Å². The molecule has 4 heteroatoms. The normalized spacial score (nSPS) is 17.5. The summed E-state index contributed by atoms with van der Waals surface area (Å²) in [6.07, 6.45) is 4.52. The molecule has 0 N–H and O–H groups in total. The second kappa shape index (κ2) is 5.90. The lowest BCUT2D eigenvalue weighted by molar-refractivity contribution is 0.151. The lowest BCUT2D eigenvalue weighted by atomic mass is 9.88. The van der Waals surface area contributed by atoms with Gasteiger partial charge >= 0.3 is 0 Å². The fraction of sp³-hybridized carbons (Fsp3) is 0.318. The predicted octanol–water partition coefficient (Wildman–Crippen LogP) is 4.76. The Morgan fingerprint density at radius 1 is 0.962 bits per heavy atom. The molecule has 134 valence electrons. The van der Waals surface area contributed by atoms with Crippen LogP contribution in [0, 0.1) is 6.92 Å². The quantitative estimate of drug-likeness (QED) is 0.683. The van der Waals surface area contributed by atoms with Crippen molar-refractivity contribution in [3.05, 3.63) is 72.1 Å². The van der Waals surface area contributed by atoms with Crippen molar-refractivity contribution in [3.8, 4) is 0 Å². The first kappa shape index (κ1) is 16.7. The molecule has 1 aromatic heterocycles. The molecule has 0 saturated carbocycles. The predicted molar refractivity (Wildman–Crippen MR) is 108 cm³/mol. The van der Waals surface area contributed by atoms with E-state index in [1.165, 1.54) is 11.1 Å². The van der Waals surface area contributed by atoms with Gasteiger partial charge in [0, 0.05) is 19.4 Å². The van der Waals surface area contributed by atoms with Gasteiger partial charge in [0.2, 0.25) is 5.95 Å². The summed E-state index contributed by atoms with van der Waals surface area (Å²) < 4.78 is 2.17. The number of fused-ring (bicyclic) bond motifs is 1. The molecule has 0 radical (unpaired) electrons. The summed E-state index contributed by atoms with van der Waals surface area (Å²) in [5.41, 5.74) is 4.74. The first-order valence-electron chi connectivity index (χ1n) is 9.14. The minimum absolute atomic E-state index is 0.111. The van der Waals surface area contributed by atoms with Gasteiger partial charge in [-0.25, -0.2) is 4.98 Å². The third-order valence-electron chi connectivity index (χ3n) is 5.64. The highest BCUT2D eigenvalue weighted by Gasteiger charge is 2.37. The lowest BCUT2D eigenvalue weighted by Crippen LogP contribution is -2.47. The molecule has 0 fully saturated rings. The Balaban J connectivity index is 1.70. The molecular formula is C22H26N4. The van der Waals surface area contributed by atoms with Crippen molar-refractivity contribution in [2.45, 2.75) is 39.4 Å². The maximum Gasteiger partial charge on any atom is 0.212 e. The van der Waals surface area contributed by atoms with E-state index in [0.29, 0.717) is 0 Å². The molecule has 1 aliphatic heterocycles. The van der Waals surface area contributed by atoms with Crippen molar-refractivity contribution < 1.29 is 0 Å². The van der Waals surface area contributed by atoms with Crippen LogP contribution >= 0.6 is 0 Å². The number of imidazole rings is 1. The highest BCUT2D eigenvalue weighted by atomic mass is 15.5. The molecule has 3 aromatic rings. The Morgan fingerprint density at radius 3 is 2.38 bits per heavy atom. The van der Waals surface area contributed by atoms with Crippen LogP contribution in [-0.4, -0.2) is 20.6 Å². The van der Waals surface area contributed by atoms with Gasteiger partial charge in [-0.3, -0.25) is 4.90 Å². The molecule has 1 atom stereocenters. The Morgan fingerprint density at radius 2 is 1.65 bits per heavy atom. The Labute approximate surface area is 155 Å². The molecule has 0 spiro atoms. The number of para-hydroxylation sites is 2. The van der Waals surface area contributed by atoms with E-state index in [2.05, 4.69) is 104 Å². The summed E-state index contributed by atoms with van der Waals surface area (Å²) in [4.78, 5) is 9.52. The van der Waals surface area contributed by atoms with Crippen LogP contribution in [0.1, 0.15) is 31.9 Å². The molecule has 0 aliphatic carbocycles. The molecule has 0 unspecified atom stereocenters. The molecule has 4 nitrogen and oxygen atoms in total. The summed E-state index contributed by atoms with van der Waals surface area (Å²) in [5.74, 6) is 0.970. The van der Waals surface area contributed by atoms with Crippen LogP contribution < -0.4 is 4.90 Å². The van der Waals surface area contributed by atoms with E-state index < -0.39 is 0 Å². The van der Waals surface area contributed by atoms with Crippen molar-refractivity contribution in [2.75, 3.05) is 4.90 Å². The van der Waals surface area contributed by atoms with Crippen molar-refractivity contribution in [1.29, 1.82) is 0 Å². The van der Waals surface area contributed by atoms with Crippen molar-refractivity contribution in [2.24, 2.45) is 7.05 Å². The van der Waals surface area contributed by atoms with Crippen LogP contribution in [0.3, 0.4) is 0 Å². The average molecular weight is 346 g/mol. The lowest BCUT2D eigenvalue weighted by Gasteiger charge is -2.42. The number of hydrogen-bond donors (Lipinski definition) is 0. The van der Waals surface area contributed by atoms with E-state index in [9.17, 15) is 0 Å². The molecule has 0 amide bonds. The Kier molecular flexibility index (Phi) is 3.79. The smallest absolute Gasteiger partial charge is 0.212 e. The highest BCUT2D eigenvalue weighted by Crippen LogP contribution is 2.37. The monoisotopic (exact) mass is 346 g/mol. The van der Waals surface area contributed by atoms with Crippen LogP contribution in [0.15, 0.2) is 60.9 Å². The molecule has 2 aromatic carbocycles. The van der Waals surface area contributed by atoms with Gasteiger partial charge in [-0.2, -0.15) is 0 Å². The first-order chi connectivity index (χ1) is 12.4. The van der Waals surface area contributed by atoms with Crippen LogP contribution in [0.25, 0.3) is 11.0 Å². The maximum absolute atomic E-state index is 4.86. The summed E-state index contributed by atoms with van der Waals surface area (Å²) in [6.45, 7) is 8.99. The number of rotatable bonds is 3. The van der Waals surface area contributed by atoms with Crippen molar-refractivity contribution >= 4 is 17.0 Å². The van der Waals surface area contributed by atoms with Gasteiger partial charge < -0.3 is 9.47 Å². The van der Waals surface area contributed by atoms with E-state index in [-0.39, 0.29) is 11.7 Å². The van der Waals surface area contributed by atoms with Crippen LogP contribution in [0.4, 0.5) is 5.95 Å². The van der Waals surface area contributed by atoms with Crippen LogP contribution in [-0.2, 0) is 12.6 Å². The number of anilines is 1. The van der Waals surface area contributed by atoms with E-state index >= 15 is 0 Å². The van der Waals surface area contributed by atoms with Gasteiger partial charge in [0.15, 0.2) is 0 Å². The topological polar surface area (TPSA) is 24.3 Å². The SMILES string of the molecule is Cc1ccccc1C(C)(C)N1C=CN(c2nc3ccccc3n2C)[C@H]1C. The van der Waals surface area contributed by atoms with Gasteiger partial charge in [-0.15, -0.1) is 0 Å². The second-order valence-electron chi connectivity index (χ2n) is 7.58. The van der Waals surface area contributed by atoms with E-state index in [1.807, 2.05) is 6.07 Å². The number of benzene rings is 2. The number of nitrogens with zero attached hydrogens (tertiary/aromatic N) is 4. The Hall–Kier alpha value is -2.75. The number of hydrogen-bond acceptors (Lipinski definition) is 3. The summed E-state index contributed by atoms with van der Waals surface area (Å²) in [6, 6.07) is 16.9. The second-order valence-corrected chi connectivity index (χ2v) is 7.58. The minimum atomic E-state index is -0.111. The molecule has 1 aliphatic rings. The van der Waals surface area contributed by atoms with Crippen LogP contribution in [0.2, 0.25) is 0 Å².